The molecule has 0 amide bonds. The van der Waals surface area contributed by atoms with Crippen LogP contribution >= 0.6 is 0 Å². The van der Waals surface area contributed by atoms with E-state index in [1.807, 2.05) is 43.3 Å². The highest BCUT2D eigenvalue weighted by Crippen LogP contribution is 2.23. The number of pyridine rings is 1. The predicted molar refractivity (Wildman–Crippen MR) is 79.8 cm³/mol. The lowest BCUT2D eigenvalue weighted by Crippen LogP contribution is -1.94. The van der Waals surface area contributed by atoms with Gasteiger partial charge in [0.2, 0.25) is 0 Å². The number of hydrogen-bond acceptors (Lipinski definition) is 3. The average molecular weight is 267 g/mol. The van der Waals surface area contributed by atoms with E-state index in [1.165, 1.54) is 0 Å². The molecule has 0 aliphatic carbocycles. The van der Waals surface area contributed by atoms with Crippen LogP contribution in [0.5, 0.6) is 5.75 Å². The lowest BCUT2D eigenvalue weighted by molar-refractivity contribution is 0.317. The second-order valence-electron chi connectivity index (χ2n) is 4.79. The standard InChI is InChI=1S/C16H17N3O/c1-3-9-20-13-6-4-5-12(10-13)15-18-14-8-7-11(2)17-16(14)19-15/h4-8,10H,3,9H2,1-2H3,(H,17,18,19). The van der Waals surface area contributed by atoms with Gasteiger partial charge < -0.3 is 9.72 Å². The number of imidazole rings is 1. The molecule has 0 spiro atoms. The molecule has 0 fully saturated rings. The van der Waals surface area contributed by atoms with Crippen molar-refractivity contribution >= 4 is 11.2 Å². The number of aromatic amines is 1. The van der Waals surface area contributed by atoms with Crippen molar-refractivity contribution in [3.05, 3.63) is 42.1 Å². The summed E-state index contributed by atoms with van der Waals surface area (Å²) in [6.45, 7) is 4.79. The van der Waals surface area contributed by atoms with Crippen molar-refractivity contribution in [3.63, 3.8) is 0 Å². The minimum atomic E-state index is 0.727. The van der Waals surface area contributed by atoms with Gasteiger partial charge in [-0.1, -0.05) is 19.1 Å². The largest absolute Gasteiger partial charge is 0.494 e. The fourth-order valence-corrected chi connectivity index (χ4v) is 2.08. The molecule has 0 unspecified atom stereocenters. The fourth-order valence-electron chi connectivity index (χ4n) is 2.08. The van der Waals surface area contributed by atoms with E-state index in [0.29, 0.717) is 0 Å². The summed E-state index contributed by atoms with van der Waals surface area (Å²) in [6.07, 6.45) is 0.998. The highest BCUT2D eigenvalue weighted by atomic mass is 16.5. The van der Waals surface area contributed by atoms with Crippen LogP contribution in [0.25, 0.3) is 22.6 Å². The summed E-state index contributed by atoms with van der Waals surface area (Å²) in [7, 11) is 0. The van der Waals surface area contributed by atoms with Gasteiger partial charge in [0, 0.05) is 11.3 Å². The van der Waals surface area contributed by atoms with Crippen LogP contribution in [0.3, 0.4) is 0 Å². The number of fused-ring (bicyclic) bond motifs is 1. The quantitative estimate of drug-likeness (QED) is 0.783. The SMILES string of the molecule is CCCOc1cccc(-c2nc3nc(C)ccc3[nH]2)c1. The summed E-state index contributed by atoms with van der Waals surface area (Å²) in [5.41, 5.74) is 3.68. The van der Waals surface area contributed by atoms with Crippen molar-refractivity contribution in [3.8, 4) is 17.1 Å². The second-order valence-corrected chi connectivity index (χ2v) is 4.79. The van der Waals surface area contributed by atoms with Crippen LogP contribution in [-0.2, 0) is 0 Å². The molecule has 0 atom stereocenters. The first kappa shape index (κ1) is 12.7. The fraction of sp³-hybridized carbons (Fsp3) is 0.250. The molecule has 4 nitrogen and oxygen atoms in total. The molecular formula is C16H17N3O. The van der Waals surface area contributed by atoms with Gasteiger partial charge in [-0.3, -0.25) is 0 Å². The maximum Gasteiger partial charge on any atom is 0.178 e. The van der Waals surface area contributed by atoms with Gasteiger partial charge in [-0.05, 0) is 37.6 Å². The van der Waals surface area contributed by atoms with Gasteiger partial charge in [-0.15, -0.1) is 0 Å². The monoisotopic (exact) mass is 267 g/mol. The molecule has 0 aliphatic rings. The summed E-state index contributed by atoms with van der Waals surface area (Å²) in [4.78, 5) is 12.3. The van der Waals surface area contributed by atoms with Gasteiger partial charge in [0.05, 0.1) is 12.1 Å². The van der Waals surface area contributed by atoms with Crippen LogP contribution in [0.15, 0.2) is 36.4 Å². The Morgan fingerprint density at radius 3 is 2.90 bits per heavy atom. The first-order valence-electron chi connectivity index (χ1n) is 6.83. The normalized spacial score (nSPS) is 10.9. The molecule has 1 N–H and O–H groups in total. The zero-order valence-corrected chi connectivity index (χ0v) is 11.7. The van der Waals surface area contributed by atoms with E-state index in [4.69, 9.17) is 4.74 Å². The van der Waals surface area contributed by atoms with Gasteiger partial charge in [-0.25, -0.2) is 9.97 Å². The number of aromatic nitrogens is 3. The van der Waals surface area contributed by atoms with Gasteiger partial charge in [0.25, 0.3) is 0 Å². The van der Waals surface area contributed by atoms with Crippen LogP contribution in [-0.4, -0.2) is 21.6 Å². The van der Waals surface area contributed by atoms with Crippen molar-refractivity contribution < 1.29 is 4.74 Å². The molecule has 0 bridgehead atoms. The maximum absolute atomic E-state index is 5.65. The zero-order valence-electron chi connectivity index (χ0n) is 11.7. The molecule has 1 aromatic carbocycles. The van der Waals surface area contributed by atoms with Crippen molar-refractivity contribution in [2.45, 2.75) is 20.3 Å². The number of benzene rings is 1. The van der Waals surface area contributed by atoms with E-state index in [2.05, 4.69) is 21.9 Å². The Morgan fingerprint density at radius 1 is 1.15 bits per heavy atom. The van der Waals surface area contributed by atoms with Crippen LogP contribution in [0.4, 0.5) is 0 Å². The van der Waals surface area contributed by atoms with E-state index in [0.717, 1.165) is 47.0 Å². The summed E-state index contributed by atoms with van der Waals surface area (Å²) in [5.74, 6) is 1.69. The molecule has 0 saturated carbocycles. The topological polar surface area (TPSA) is 50.8 Å². The minimum Gasteiger partial charge on any atom is -0.494 e. The van der Waals surface area contributed by atoms with Gasteiger partial charge in [0.15, 0.2) is 5.65 Å². The minimum absolute atomic E-state index is 0.727. The van der Waals surface area contributed by atoms with Crippen molar-refractivity contribution in [1.29, 1.82) is 0 Å². The molecule has 3 rings (SSSR count). The van der Waals surface area contributed by atoms with Crippen molar-refractivity contribution in [1.82, 2.24) is 15.0 Å². The van der Waals surface area contributed by atoms with E-state index < -0.39 is 0 Å². The Kier molecular flexibility index (Phi) is 3.37. The molecule has 0 radical (unpaired) electrons. The smallest absolute Gasteiger partial charge is 0.178 e. The number of nitrogens with zero attached hydrogens (tertiary/aromatic N) is 2. The number of hydrogen-bond donors (Lipinski definition) is 1. The third-order valence-corrected chi connectivity index (χ3v) is 3.07. The number of ether oxygens (including phenoxy) is 1. The number of H-pyrrole nitrogens is 1. The third kappa shape index (κ3) is 2.50. The zero-order chi connectivity index (χ0) is 13.9. The molecule has 4 heteroatoms. The van der Waals surface area contributed by atoms with Gasteiger partial charge >= 0.3 is 0 Å². The van der Waals surface area contributed by atoms with Crippen LogP contribution in [0, 0.1) is 6.92 Å². The lowest BCUT2D eigenvalue weighted by atomic mass is 10.2. The second kappa shape index (κ2) is 5.33. The first-order valence-corrected chi connectivity index (χ1v) is 6.83. The molecule has 102 valence electrons. The summed E-state index contributed by atoms with van der Waals surface area (Å²) in [6, 6.07) is 11.9. The van der Waals surface area contributed by atoms with E-state index in [9.17, 15) is 0 Å². The maximum atomic E-state index is 5.65. The van der Waals surface area contributed by atoms with Gasteiger partial charge in [0.1, 0.15) is 11.6 Å². The molecule has 0 aliphatic heterocycles. The summed E-state index contributed by atoms with van der Waals surface area (Å²) in [5, 5.41) is 0. The Morgan fingerprint density at radius 2 is 2.05 bits per heavy atom. The Labute approximate surface area is 117 Å². The molecule has 0 saturated heterocycles. The van der Waals surface area contributed by atoms with Gasteiger partial charge in [-0.2, -0.15) is 0 Å². The van der Waals surface area contributed by atoms with E-state index in [-0.39, 0.29) is 0 Å². The highest BCUT2D eigenvalue weighted by Gasteiger charge is 2.07. The van der Waals surface area contributed by atoms with Crippen molar-refractivity contribution in [2.24, 2.45) is 0 Å². The van der Waals surface area contributed by atoms with E-state index in [1.54, 1.807) is 0 Å². The van der Waals surface area contributed by atoms with Crippen LogP contribution in [0.2, 0.25) is 0 Å². The lowest BCUT2D eigenvalue weighted by Gasteiger charge is -2.05. The molecule has 3 aromatic rings. The molecular weight excluding hydrogens is 250 g/mol. The number of aryl methyl sites for hydroxylation is 1. The Balaban J connectivity index is 1.97. The third-order valence-electron chi connectivity index (χ3n) is 3.07. The Hall–Kier alpha value is -2.36. The predicted octanol–water partition coefficient (Wildman–Crippen LogP) is 3.72. The van der Waals surface area contributed by atoms with Crippen LogP contribution in [0.1, 0.15) is 19.0 Å². The first-order chi connectivity index (χ1) is 9.76. The van der Waals surface area contributed by atoms with Crippen molar-refractivity contribution in [2.75, 3.05) is 6.61 Å². The van der Waals surface area contributed by atoms with E-state index >= 15 is 0 Å². The molecule has 20 heavy (non-hydrogen) atoms. The van der Waals surface area contributed by atoms with Crippen LogP contribution < -0.4 is 4.74 Å². The Bertz CT molecular complexity index is 733. The molecule has 2 heterocycles. The number of rotatable bonds is 4. The number of nitrogens with one attached hydrogen (secondary N) is 1. The average Bonchev–Trinajstić information content (AvgIpc) is 2.88. The molecule has 2 aromatic heterocycles. The summed E-state index contributed by atoms with van der Waals surface area (Å²) >= 11 is 0. The summed E-state index contributed by atoms with van der Waals surface area (Å²) < 4.78 is 5.65. The highest BCUT2D eigenvalue weighted by molar-refractivity contribution is 5.76.